The lowest BCUT2D eigenvalue weighted by atomic mass is 10.4. The van der Waals surface area contributed by atoms with Crippen molar-refractivity contribution in [2.75, 3.05) is 39.1 Å². The van der Waals surface area contributed by atoms with Crippen LogP contribution in [0.2, 0.25) is 0 Å². The fourth-order valence-electron chi connectivity index (χ4n) is 1.05. The van der Waals surface area contributed by atoms with Crippen molar-refractivity contribution in [3.63, 3.8) is 0 Å². The molecule has 0 rings (SSSR count). The Balaban J connectivity index is 3.78. The molecular formula is C9H15F3N2OS. The van der Waals surface area contributed by atoms with Gasteiger partial charge in [0, 0.05) is 38.9 Å². The lowest BCUT2D eigenvalue weighted by molar-refractivity contribution is -0.0328. The molecule has 0 unspecified atom stereocenters. The highest BCUT2D eigenvalue weighted by atomic mass is 32.2. The molecule has 94 valence electrons. The lowest BCUT2D eigenvalue weighted by Gasteiger charge is -2.20. The fraction of sp³-hybridized carbons (Fsp3) is 0.889. The molecule has 7 heteroatoms. The Morgan fingerprint density at radius 3 is 2.50 bits per heavy atom. The van der Waals surface area contributed by atoms with Gasteiger partial charge >= 0.3 is 5.51 Å². The molecule has 0 N–H and O–H groups in total. The van der Waals surface area contributed by atoms with Gasteiger partial charge in [-0.15, -0.1) is 0 Å². The molecule has 0 saturated heterocycles. The summed E-state index contributed by atoms with van der Waals surface area (Å²) in [4.78, 5) is 1.80. The largest absolute Gasteiger partial charge is 0.441 e. The fourth-order valence-corrected chi connectivity index (χ4v) is 1.64. The second kappa shape index (κ2) is 8.67. The van der Waals surface area contributed by atoms with Crippen LogP contribution in [0.3, 0.4) is 0 Å². The van der Waals surface area contributed by atoms with Crippen LogP contribution in [0.5, 0.6) is 0 Å². The van der Waals surface area contributed by atoms with Gasteiger partial charge < -0.3 is 4.74 Å². The van der Waals surface area contributed by atoms with Crippen molar-refractivity contribution in [2.45, 2.75) is 11.9 Å². The van der Waals surface area contributed by atoms with Gasteiger partial charge in [0.15, 0.2) is 0 Å². The van der Waals surface area contributed by atoms with Crippen LogP contribution in [0.15, 0.2) is 0 Å². The van der Waals surface area contributed by atoms with E-state index in [4.69, 9.17) is 10.00 Å². The van der Waals surface area contributed by atoms with E-state index in [1.54, 1.807) is 4.90 Å². The van der Waals surface area contributed by atoms with Crippen LogP contribution < -0.4 is 0 Å². The van der Waals surface area contributed by atoms with E-state index in [0.717, 1.165) is 0 Å². The van der Waals surface area contributed by atoms with E-state index in [2.05, 4.69) is 0 Å². The SMILES string of the molecule is COCCN(CCC#N)CCSC(F)(F)F. The normalized spacial score (nSPS) is 11.8. The Bertz CT molecular complexity index is 218. The minimum absolute atomic E-state index is 0.0152. The molecule has 0 aromatic carbocycles. The van der Waals surface area contributed by atoms with Gasteiger partial charge in [-0.3, -0.25) is 4.90 Å². The molecule has 0 amide bonds. The summed E-state index contributed by atoms with van der Waals surface area (Å²) < 4.78 is 40.5. The second-order valence-electron chi connectivity index (χ2n) is 3.04. The van der Waals surface area contributed by atoms with Gasteiger partial charge in [-0.1, -0.05) is 0 Å². The molecule has 16 heavy (non-hydrogen) atoms. The molecule has 0 aromatic heterocycles. The molecule has 0 aromatic rings. The third kappa shape index (κ3) is 10.1. The topological polar surface area (TPSA) is 36.3 Å². The number of thioether (sulfide) groups is 1. The van der Waals surface area contributed by atoms with Gasteiger partial charge in [-0.05, 0) is 11.8 Å². The van der Waals surface area contributed by atoms with Crippen molar-refractivity contribution in [1.29, 1.82) is 5.26 Å². The molecule has 0 aliphatic heterocycles. The Labute approximate surface area is 97.5 Å². The van der Waals surface area contributed by atoms with Gasteiger partial charge in [-0.25, -0.2) is 0 Å². The summed E-state index contributed by atoms with van der Waals surface area (Å²) in [5.41, 5.74) is -4.18. The third-order valence-corrected chi connectivity index (χ3v) is 2.54. The number of hydrogen-bond acceptors (Lipinski definition) is 4. The smallest absolute Gasteiger partial charge is 0.383 e. The number of ether oxygens (including phenoxy) is 1. The molecule has 0 saturated carbocycles. The Morgan fingerprint density at radius 1 is 1.31 bits per heavy atom. The summed E-state index contributed by atoms with van der Waals surface area (Å²) in [6, 6.07) is 1.97. The molecule has 3 nitrogen and oxygen atoms in total. The molecule has 0 heterocycles. The summed E-state index contributed by atoms with van der Waals surface area (Å²) in [6.45, 7) is 1.81. The minimum atomic E-state index is -4.18. The van der Waals surface area contributed by atoms with Crippen LogP contribution in [0.25, 0.3) is 0 Å². The second-order valence-corrected chi connectivity index (χ2v) is 4.20. The van der Waals surface area contributed by atoms with Crippen molar-refractivity contribution in [2.24, 2.45) is 0 Å². The lowest BCUT2D eigenvalue weighted by Crippen LogP contribution is -2.31. The molecule has 0 fully saturated rings. The van der Waals surface area contributed by atoms with E-state index in [1.807, 2.05) is 6.07 Å². The average molecular weight is 256 g/mol. The van der Waals surface area contributed by atoms with Crippen molar-refractivity contribution in [3.05, 3.63) is 0 Å². The zero-order valence-electron chi connectivity index (χ0n) is 9.09. The summed E-state index contributed by atoms with van der Waals surface area (Å²) in [7, 11) is 1.53. The number of alkyl halides is 3. The molecular weight excluding hydrogens is 241 g/mol. The predicted octanol–water partition coefficient (Wildman–Crippen LogP) is 2.10. The number of nitriles is 1. The highest BCUT2D eigenvalue weighted by Crippen LogP contribution is 2.29. The molecule has 0 bridgehead atoms. The average Bonchev–Trinajstić information content (AvgIpc) is 2.19. The number of rotatable bonds is 8. The van der Waals surface area contributed by atoms with E-state index >= 15 is 0 Å². The molecule has 0 atom stereocenters. The van der Waals surface area contributed by atoms with E-state index in [9.17, 15) is 13.2 Å². The van der Waals surface area contributed by atoms with E-state index < -0.39 is 5.51 Å². The summed E-state index contributed by atoms with van der Waals surface area (Å²) in [5, 5.41) is 8.40. The zero-order chi connectivity index (χ0) is 12.4. The summed E-state index contributed by atoms with van der Waals surface area (Å²) in [5.74, 6) is -0.0152. The van der Waals surface area contributed by atoms with Crippen LogP contribution in [0.4, 0.5) is 13.2 Å². The Morgan fingerprint density at radius 2 is 2.00 bits per heavy atom. The minimum Gasteiger partial charge on any atom is -0.383 e. The Kier molecular flexibility index (Phi) is 8.43. The van der Waals surface area contributed by atoms with E-state index in [1.165, 1.54) is 7.11 Å². The highest BCUT2D eigenvalue weighted by molar-refractivity contribution is 8.00. The first-order chi connectivity index (χ1) is 7.49. The number of halogens is 3. The van der Waals surface area contributed by atoms with Crippen LogP contribution in [-0.2, 0) is 4.74 Å². The maximum Gasteiger partial charge on any atom is 0.441 e. The highest BCUT2D eigenvalue weighted by Gasteiger charge is 2.27. The monoisotopic (exact) mass is 256 g/mol. The van der Waals surface area contributed by atoms with Gasteiger partial charge in [0.2, 0.25) is 0 Å². The molecule has 0 radical (unpaired) electrons. The number of hydrogen-bond donors (Lipinski definition) is 0. The first-order valence-electron chi connectivity index (χ1n) is 4.78. The predicted molar refractivity (Wildman–Crippen MR) is 57.1 cm³/mol. The summed E-state index contributed by atoms with van der Waals surface area (Å²) in [6.07, 6.45) is 0.320. The first-order valence-corrected chi connectivity index (χ1v) is 5.77. The van der Waals surface area contributed by atoms with Gasteiger partial charge in [0.1, 0.15) is 0 Å². The van der Waals surface area contributed by atoms with Crippen LogP contribution in [0, 0.1) is 11.3 Å². The molecule has 0 aliphatic rings. The van der Waals surface area contributed by atoms with Crippen LogP contribution in [-0.4, -0.2) is 49.5 Å². The number of methoxy groups -OCH3 is 1. The maximum atomic E-state index is 11.9. The molecule has 0 aliphatic carbocycles. The van der Waals surface area contributed by atoms with E-state index in [-0.39, 0.29) is 17.5 Å². The maximum absolute atomic E-state index is 11.9. The van der Waals surface area contributed by atoms with Crippen LogP contribution in [0.1, 0.15) is 6.42 Å². The van der Waals surface area contributed by atoms with Crippen molar-refractivity contribution < 1.29 is 17.9 Å². The van der Waals surface area contributed by atoms with E-state index in [0.29, 0.717) is 32.7 Å². The summed E-state index contributed by atoms with van der Waals surface area (Å²) >= 11 is -0.0366. The zero-order valence-corrected chi connectivity index (χ0v) is 9.90. The quantitative estimate of drug-likeness (QED) is 0.666. The first kappa shape index (κ1) is 15.6. The molecule has 0 spiro atoms. The van der Waals surface area contributed by atoms with Gasteiger partial charge in [0.25, 0.3) is 0 Å². The van der Waals surface area contributed by atoms with Gasteiger partial charge in [0.05, 0.1) is 12.7 Å². The standard InChI is InChI=1S/C9H15F3N2OS/c1-15-7-5-14(4-2-3-13)6-8-16-9(10,11)12/h2,4-8H2,1H3. The van der Waals surface area contributed by atoms with Gasteiger partial charge in [-0.2, -0.15) is 18.4 Å². The van der Waals surface area contributed by atoms with Crippen LogP contribution >= 0.6 is 11.8 Å². The van der Waals surface area contributed by atoms with Crippen molar-refractivity contribution in [3.8, 4) is 6.07 Å². The third-order valence-electron chi connectivity index (χ3n) is 1.82. The van der Waals surface area contributed by atoms with Crippen molar-refractivity contribution in [1.82, 2.24) is 4.90 Å². The van der Waals surface area contributed by atoms with Crippen molar-refractivity contribution >= 4 is 11.8 Å². The number of nitrogens with zero attached hydrogens (tertiary/aromatic N) is 2. The Hall–Kier alpha value is -0.450.